The molecule has 8 nitrogen and oxygen atoms in total. The van der Waals surface area contributed by atoms with Crippen LogP contribution in [0.2, 0.25) is 5.02 Å². The number of Topliss-reactive ketones (excluding diaryl/α,β-unsaturated/α-hetero) is 1. The van der Waals surface area contributed by atoms with Gasteiger partial charge in [0, 0.05) is 22.6 Å². The Morgan fingerprint density at radius 1 is 1.25 bits per heavy atom. The molecular weight excluding hydrogens is 403 g/mol. The summed E-state index contributed by atoms with van der Waals surface area (Å²) in [6.45, 7) is 3.88. The summed E-state index contributed by atoms with van der Waals surface area (Å²) < 4.78 is 2.94. The molecule has 0 N–H and O–H groups in total. The summed E-state index contributed by atoms with van der Waals surface area (Å²) in [7, 11) is 0. The van der Waals surface area contributed by atoms with E-state index in [-0.39, 0.29) is 29.1 Å². The third-order valence-corrected chi connectivity index (χ3v) is 5.74. The average molecular weight is 419 g/mol. The van der Waals surface area contributed by atoms with E-state index in [1.165, 1.54) is 21.6 Å². The molecule has 0 spiro atoms. The van der Waals surface area contributed by atoms with Gasteiger partial charge in [-0.1, -0.05) is 25.4 Å². The molecule has 0 saturated carbocycles. The number of carbonyl (C=O) groups is 1. The highest BCUT2D eigenvalue weighted by atomic mass is 35.5. The number of halogens is 2. The number of ketones is 1. The van der Waals surface area contributed by atoms with E-state index < -0.39 is 6.04 Å². The molecule has 0 fully saturated rings. The summed E-state index contributed by atoms with van der Waals surface area (Å²) in [4.78, 5) is 30.0. The molecule has 0 unspecified atom stereocenters. The molecule has 4 rings (SSSR count). The minimum atomic E-state index is -0.602. The average Bonchev–Trinajstić information content (AvgIpc) is 3.30. The zero-order chi connectivity index (χ0) is 20.0. The van der Waals surface area contributed by atoms with Gasteiger partial charge >= 0.3 is 0 Å². The van der Waals surface area contributed by atoms with E-state index in [0.717, 1.165) is 0 Å². The maximum absolute atomic E-state index is 13.0. The number of fused-ring (bicyclic) bond motifs is 1. The summed E-state index contributed by atoms with van der Waals surface area (Å²) in [5.74, 6) is 0.0581. The van der Waals surface area contributed by atoms with Gasteiger partial charge in [0.2, 0.25) is 0 Å². The Bertz CT molecular complexity index is 1110. The van der Waals surface area contributed by atoms with Gasteiger partial charge < -0.3 is 0 Å². The molecular formula is C18H16Cl2N6O2. The Labute approximate surface area is 170 Å². The molecule has 1 aromatic carbocycles. The molecule has 3 heterocycles. The molecule has 3 atom stereocenters. The fraction of sp³-hybridized carbons (Fsp3) is 0.333. The number of hydrogen-bond donors (Lipinski definition) is 0. The highest BCUT2D eigenvalue weighted by Gasteiger charge is 2.41. The second-order valence-corrected chi connectivity index (χ2v) is 7.52. The molecule has 28 heavy (non-hydrogen) atoms. The predicted molar refractivity (Wildman–Crippen MR) is 104 cm³/mol. The number of nitrogens with zero attached hydrogens (tertiary/aromatic N) is 6. The zero-order valence-corrected chi connectivity index (χ0v) is 16.6. The van der Waals surface area contributed by atoms with Crippen molar-refractivity contribution in [1.29, 1.82) is 0 Å². The van der Waals surface area contributed by atoms with Gasteiger partial charge in [-0.05, 0) is 34.5 Å². The summed E-state index contributed by atoms with van der Waals surface area (Å²) in [5, 5.41) is 11.7. The Kier molecular flexibility index (Phi) is 4.76. The molecule has 0 aliphatic carbocycles. The van der Waals surface area contributed by atoms with E-state index in [9.17, 15) is 9.59 Å². The van der Waals surface area contributed by atoms with Crippen molar-refractivity contribution in [3.63, 3.8) is 0 Å². The van der Waals surface area contributed by atoms with Gasteiger partial charge in [0.25, 0.3) is 5.56 Å². The van der Waals surface area contributed by atoms with Gasteiger partial charge in [-0.25, -0.2) is 4.98 Å². The lowest BCUT2D eigenvalue weighted by atomic mass is 9.91. The highest BCUT2D eigenvalue weighted by molar-refractivity contribution is 6.31. The molecule has 0 saturated heterocycles. The van der Waals surface area contributed by atoms with Crippen molar-refractivity contribution >= 4 is 29.0 Å². The molecule has 0 radical (unpaired) electrons. The lowest BCUT2D eigenvalue weighted by Crippen LogP contribution is -2.31. The third kappa shape index (κ3) is 2.93. The van der Waals surface area contributed by atoms with E-state index in [2.05, 4.69) is 15.5 Å². The Hall–Kier alpha value is -2.58. The Morgan fingerprint density at radius 2 is 2.04 bits per heavy atom. The van der Waals surface area contributed by atoms with E-state index in [1.54, 1.807) is 18.2 Å². The van der Waals surface area contributed by atoms with Crippen molar-refractivity contribution in [3.8, 4) is 16.9 Å². The van der Waals surface area contributed by atoms with E-state index >= 15 is 0 Å². The van der Waals surface area contributed by atoms with Crippen molar-refractivity contribution in [3.05, 3.63) is 51.8 Å². The van der Waals surface area contributed by atoms with Crippen LogP contribution >= 0.6 is 23.2 Å². The van der Waals surface area contributed by atoms with Crippen molar-refractivity contribution in [2.45, 2.75) is 25.8 Å². The first-order valence-corrected chi connectivity index (χ1v) is 9.59. The van der Waals surface area contributed by atoms with E-state index in [4.69, 9.17) is 28.2 Å². The van der Waals surface area contributed by atoms with Crippen LogP contribution in [-0.2, 0) is 4.79 Å². The second-order valence-electron chi connectivity index (χ2n) is 6.82. The Balaban J connectivity index is 1.92. The van der Waals surface area contributed by atoms with Gasteiger partial charge in [-0.3, -0.25) is 14.2 Å². The molecule has 3 aromatic rings. The van der Waals surface area contributed by atoms with Crippen LogP contribution in [0, 0.1) is 5.92 Å². The van der Waals surface area contributed by atoms with Crippen molar-refractivity contribution in [2.24, 2.45) is 5.92 Å². The SMILES string of the molecule is C[C@@H]1[C@@H](C(=O)CCl)n2c(nc(-c3cc(Cl)ccc3-n3cnnn3)cc2=O)[C@@H]1C. The van der Waals surface area contributed by atoms with Crippen molar-refractivity contribution in [2.75, 3.05) is 5.88 Å². The fourth-order valence-electron chi connectivity index (χ4n) is 3.69. The standard InChI is InChI=1S/C18H16Cl2N6O2/c1-9-10(2)18-22-13(6-16(28)26(18)17(9)15(27)7-19)12-5-11(20)3-4-14(12)25-8-21-23-24-25/h3-6,8-10,17H,7H2,1-2H3/t9-,10+,17-/m0/s1. The van der Waals surface area contributed by atoms with Crippen molar-refractivity contribution in [1.82, 2.24) is 29.8 Å². The molecule has 144 valence electrons. The number of alkyl halides is 1. The van der Waals surface area contributed by atoms with Gasteiger partial charge in [-0.15, -0.1) is 16.7 Å². The minimum absolute atomic E-state index is 0.0829. The normalized spacial score (nSPS) is 20.9. The van der Waals surface area contributed by atoms with Crippen LogP contribution < -0.4 is 5.56 Å². The molecule has 0 amide bonds. The van der Waals surface area contributed by atoms with Gasteiger partial charge in [0.05, 0.1) is 17.3 Å². The molecule has 1 aliphatic rings. The van der Waals surface area contributed by atoms with Gasteiger partial charge in [-0.2, -0.15) is 4.68 Å². The fourth-order valence-corrected chi connectivity index (χ4v) is 4.02. The molecule has 10 heteroatoms. The third-order valence-electron chi connectivity index (χ3n) is 5.24. The van der Waals surface area contributed by atoms with Crippen molar-refractivity contribution < 1.29 is 4.79 Å². The minimum Gasteiger partial charge on any atom is -0.296 e. The first-order chi connectivity index (χ1) is 13.4. The van der Waals surface area contributed by atoms with Crippen LogP contribution in [0.4, 0.5) is 0 Å². The number of carbonyl (C=O) groups excluding carboxylic acids is 1. The predicted octanol–water partition coefficient (Wildman–Crippen LogP) is 2.64. The van der Waals surface area contributed by atoms with Crippen LogP contribution in [0.3, 0.4) is 0 Å². The molecule has 1 aliphatic heterocycles. The smallest absolute Gasteiger partial charge is 0.254 e. The molecule has 0 bridgehead atoms. The van der Waals surface area contributed by atoms with E-state index in [1.807, 2.05) is 13.8 Å². The zero-order valence-electron chi connectivity index (χ0n) is 15.1. The van der Waals surface area contributed by atoms with E-state index in [0.29, 0.717) is 27.8 Å². The van der Waals surface area contributed by atoms with Crippen LogP contribution in [0.5, 0.6) is 0 Å². The second kappa shape index (κ2) is 7.10. The van der Waals surface area contributed by atoms with Gasteiger partial charge in [0.1, 0.15) is 18.2 Å². The van der Waals surface area contributed by atoms with Crippen LogP contribution in [0.1, 0.15) is 31.6 Å². The topological polar surface area (TPSA) is 95.6 Å². The number of rotatable bonds is 4. The number of aromatic nitrogens is 6. The summed E-state index contributed by atoms with van der Waals surface area (Å²) in [6.07, 6.45) is 1.45. The largest absolute Gasteiger partial charge is 0.296 e. The van der Waals surface area contributed by atoms with Crippen LogP contribution in [0.15, 0.2) is 35.4 Å². The highest BCUT2D eigenvalue weighted by Crippen LogP contribution is 2.40. The Morgan fingerprint density at radius 3 is 2.71 bits per heavy atom. The monoisotopic (exact) mass is 418 g/mol. The molecule has 2 aromatic heterocycles. The lowest BCUT2D eigenvalue weighted by Gasteiger charge is -2.16. The lowest BCUT2D eigenvalue weighted by molar-refractivity contribution is -0.120. The number of hydrogen-bond acceptors (Lipinski definition) is 6. The first kappa shape index (κ1) is 18.8. The maximum atomic E-state index is 13.0. The van der Waals surface area contributed by atoms with Crippen LogP contribution in [-0.4, -0.2) is 41.4 Å². The summed E-state index contributed by atoms with van der Waals surface area (Å²) >= 11 is 12.0. The quantitative estimate of drug-likeness (QED) is 0.604. The van der Waals surface area contributed by atoms with Gasteiger partial charge in [0.15, 0.2) is 5.78 Å². The number of benzene rings is 1. The van der Waals surface area contributed by atoms with Crippen LogP contribution in [0.25, 0.3) is 16.9 Å². The summed E-state index contributed by atoms with van der Waals surface area (Å²) in [6, 6.07) is 5.98. The first-order valence-electron chi connectivity index (χ1n) is 8.67. The maximum Gasteiger partial charge on any atom is 0.254 e. The summed E-state index contributed by atoms with van der Waals surface area (Å²) in [5.41, 5.74) is 1.40. The number of tetrazole rings is 1.